The van der Waals surface area contributed by atoms with Gasteiger partial charge in [0.1, 0.15) is 0 Å². The summed E-state index contributed by atoms with van der Waals surface area (Å²) in [6.07, 6.45) is 8.69. The Kier molecular flexibility index (Phi) is 3.29. The summed E-state index contributed by atoms with van der Waals surface area (Å²) < 4.78 is 2.04. The van der Waals surface area contributed by atoms with Crippen LogP contribution in [0.15, 0.2) is 12.3 Å². The van der Waals surface area contributed by atoms with Crippen LogP contribution in [0.5, 0.6) is 0 Å². The highest BCUT2D eigenvalue weighted by molar-refractivity contribution is 5.42. The molecule has 0 aromatic carbocycles. The van der Waals surface area contributed by atoms with Crippen LogP contribution in [0.2, 0.25) is 0 Å². The number of rotatable bonds is 3. The minimum atomic E-state index is 0.690. The fourth-order valence-corrected chi connectivity index (χ4v) is 3.66. The molecule has 2 atom stereocenters. The SMILES string of the molecule is CCn1ccc(N2C3CCCC2CC(NC)C3)n1. The van der Waals surface area contributed by atoms with E-state index in [0.29, 0.717) is 18.1 Å². The topological polar surface area (TPSA) is 33.1 Å². The summed E-state index contributed by atoms with van der Waals surface area (Å²) in [4.78, 5) is 2.60. The maximum atomic E-state index is 4.71. The second kappa shape index (κ2) is 4.92. The largest absolute Gasteiger partial charge is 0.349 e. The number of fused-ring (bicyclic) bond motifs is 2. The van der Waals surface area contributed by atoms with Crippen molar-refractivity contribution in [2.45, 2.75) is 63.7 Å². The number of anilines is 1. The molecule has 2 saturated heterocycles. The molecule has 2 aliphatic rings. The van der Waals surface area contributed by atoms with Crippen molar-refractivity contribution in [1.82, 2.24) is 15.1 Å². The zero-order valence-electron chi connectivity index (χ0n) is 11.5. The normalized spacial score (nSPS) is 31.7. The third-order valence-electron chi connectivity index (χ3n) is 4.60. The van der Waals surface area contributed by atoms with Crippen LogP contribution < -0.4 is 10.2 Å². The standard InChI is InChI=1S/C14H24N4/c1-3-17-8-7-14(16-17)18-12-5-4-6-13(18)10-11(9-12)15-2/h7-8,11-13,15H,3-6,9-10H2,1-2H3. The predicted octanol–water partition coefficient (Wildman–Crippen LogP) is 2.01. The zero-order chi connectivity index (χ0) is 12.5. The second-order valence-corrected chi connectivity index (χ2v) is 5.63. The van der Waals surface area contributed by atoms with Gasteiger partial charge < -0.3 is 10.2 Å². The average molecular weight is 248 g/mol. The Morgan fingerprint density at radius 1 is 1.33 bits per heavy atom. The van der Waals surface area contributed by atoms with E-state index in [1.807, 2.05) is 4.68 Å². The Labute approximate surface area is 109 Å². The maximum Gasteiger partial charge on any atom is 0.151 e. The highest BCUT2D eigenvalue weighted by atomic mass is 15.4. The molecular weight excluding hydrogens is 224 g/mol. The van der Waals surface area contributed by atoms with Gasteiger partial charge in [-0.05, 0) is 46.1 Å². The van der Waals surface area contributed by atoms with Gasteiger partial charge in [0, 0.05) is 36.9 Å². The molecule has 0 saturated carbocycles. The van der Waals surface area contributed by atoms with Gasteiger partial charge in [0.05, 0.1) is 0 Å². The van der Waals surface area contributed by atoms with E-state index >= 15 is 0 Å². The van der Waals surface area contributed by atoms with Gasteiger partial charge in [-0.1, -0.05) is 0 Å². The van der Waals surface area contributed by atoms with Gasteiger partial charge >= 0.3 is 0 Å². The van der Waals surface area contributed by atoms with Crippen molar-refractivity contribution >= 4 is 5.82 Å². The first-order valence-corrected chi connectivity index (χ1v) is 7.31. The highest BCUT2D eigenvalue weighted by Crippen LogP contribution is 2.36. The number of aryl methyl sites for hydroxylation is 1. The first kappa shape index (κ1) is 12.0. The second-order valence-electron chi connectivity index (χ2n) is 5.63. The molecule has 2 fully saturated rings. The summed E-state index contributed by atoms with van der Waals surface area (Å²) in [5, 5.41) is 8.18. The fraction of sp³-hybridized carbons (Fsp3) is 0.786. The van der Waals surface area contributed by atoms with E-state index < -0.39 is 0 Å². The molecule has 3 rings (SSSR count). The average Bonchev–Trinajstić information content (AvgIpc) is 2.85. The molecule has 1 N–H and O–H groups in total. The van der Waals surface area contributed by atoms with E-state index in [9.17, 15) is 0 Å². The van der Waals surface area contributed by atoms with E-state index in [0.717, 1.165) is 6.54 Å². The minimum absolute atomic E-state index is 0.690. The lowest BCUT2D eigenvalue weighted by Crippen LogP contribution is -2.56. The number of piperidine rings is 2. The molecular formula is C14H24N4. The van der Waals surface area contributed by atoms with Crippen LogP contribution in [0.1, 0.15) is 39.0 Å². The number of hydrogen-bond donors (Lipinski definition) is 1. The van der Waals surface area contributed by atoms with Crippen molar-refractivity contribution in [3.63, 3.8) is 0 Å². The first-order chi connectivity index (χ1) is 8.81. The van der Waals surface area contributed by atoms with Gasteiger partial charge in [-0.15, -0.1) is 0 Å². The Hall–Kier alpha value is -1.03. The smallest absolute Gasteiger partial charge is 0.151 e. The molecule has 2 bridgehead atoms. The predicted molar refractivity (Wildman–Crippen MR) is 73.9 cm³/mol. The number of nitrogens with zero attached hydrogens (tertiary/aromatic N) is 3. The Bertz CT molecular complexity index is 386. The highest BCUT2D eigenvalue weighted by Gasteiger charge is 2.38. The molecule has 2 unspecified atom stereocenters. The van der Waals surface area contributed by atoms with Crippen LogP contribution in [0.4, 0.5) is 5.82 Å². The molecule has 0 amide bonds. The van der Waals surface area contributed by atoms with Crippen molar-refractivity contribution in [1.29, 1.82) is 0 Å². The lowest BCUT2D eigenvalue weighted by Gasteiger charge is -2.49. The van der Waals surface area contributed by atoms with Crippen molar-refractivity contribution < 1.29 is 0 Å². The number of aromatic nitrogens is 2. The van der Waals surface area contributed by atoms with E-state index in [4.69, 9.17) is 5.10 Å². The molecule has 1 aromatic heterocycles. The van der Waals surface area contributed by atoms with Gasteiger partial charge in [0.25, 0.3) is 0 Å². The zero-order valence-corrected chi connectivity index (χ0v) is 11.5. The summed E-state index contributed by atoms with van der Waals surface area (Å²) in [5.74, 6) is 1.20. The molecule has 100 valence electrons. The molecule has 3 heterocycles. The monoisotopic (exact) mass is 248 g/mol. The summed E-state index contributed by atoms with van der Waals surface area (Å²) in [5.41, 5.74) is 0. The first-order valence-electron chi connectivity index (χ1n) is 7.31. The Morgan fingerprint density at radius 2 is 2.06 bits per heavy atom. The summed E-state index contributed by atoms with van der Waals surface area (Å²) in [7, 11) is 2.10. The van der Waals surface area contributed by atoms with Gasteiger partial charge in [0.2, 0.25) is 0 Å². The Balaban J connectivity index is 1.83. The van der Waals surface area contributed by atoms with Gasteiger partial charge in [-0.25, -0.2) is 0 Å². The van der Waals surface area contributed by atoms with Crippen LogP contribution >= 0.6 is 0 Å². The number of hydrogen-bond acceptors (Lipinski definition) is 3. The van der Waals surface area contributed by atoms with E-state index in [2.05, 4.69) is 36.5 Å². The van der Waals surface area contributed by atoms with Crippen LogP contribution in [0.25, 0.3) is 0 Å². The molecule has 2 aliphatic heterocycles. The summed E-state index contributed by atoms with van der Waals surface area (Å²) in [6, 6.07) is 4.27. The van der Waals surface area contributed by atoms with E-state index in [1.54, 1.807) is 0 Å². The summed E-state index contributed by atoms with van der Waals surface area (Å²) in [6.45, 7) is 3.10. The van der Waals surface area contributed by atoms with Crippen molar-refractivity contribution in [3.8, 4) is 0 Å². The summed E-state index contributed by atoms with van der Waals surface area (Å²) >= 11 is 0. The molecule has 18 heavy (non-hydrogen) atoms. The molecule has 1 aromatic rings. The Morgan fingerprint density at radius 3 is 2.61 bits per heavy atom. The molecule has 0 aliphatic carbocycles. The molecule has 0 radical (unpaired) electrons. The molecule has 4 heteroatoms. The lowest BCUT2D eigenvalue weighted by atomic mass is 9.82. The van der Waals surface area contributed by atoms with Crippen LogP contribution in [-0.4, -0.2) is 35.0 Å². The van der Waals surface area contributed by atoms with Crippen molar-refractivity contribution in [2.24, 2.45) is 0 Å². The third-order valence-corrected chi connectivity index (χ3v) is 4.60. The van der Waals surface area contributed by atoms with E-state index in [1.165, 1.54) is 37.9 Å². The third kappa shape index (κ3) is 2.03. The van der Waals surface area contributed by atoms with Gasteiger partial charge in [-0.2, -0.15) is 5.10 Å². The van der Waals surface area contributed by atoms with Gasteiger partial charge in [-0.3, -0.25) is 4.68 Å². The van der Waals surface area contributed by atoms with E-state index in [-0.39, 0.29) is 0 Å². The van der Waals surface area contributed by atoms with Crippen LogP contribution in [-0.2, 0) is 6.54 Å². The van der Waals surface area contributed by atoms with Gasteiger partial charge in [0.15, 0.2) is 5.82 Å². The maximum absolute atomic E-state index is 4.71. The van der Waals surface area contributed by atoms with Crippen molar-refractivity contribution in [2.75, 3.05) is 11.9 Å². The quantitative estimate of drug-likeness (QED) is 0.888. The number of nitrogens with one attached hydrogen (secondary N) is 1. The minimum Gasteiger partial charge on any atom is -0.349 e. The molecule has 0 spiro atoms. The van der Waals surface area contributed by atoms with Crippen LogP contribution in [0, 0.1) is 0 Å². The molecule has 4 nitrogen and oxygen atoms in total. The van der Waals surface area contributed by atoms with Crippen LogP contribution in [0.3, 0.4) is 0 Å². The fourth-order valence-electron chi connectivity index (χ4n) is 3.66. The van der Waals surface area contributed by atoms with Crippen molar-refractivity contribution in [3.05, 3.63) is 12.3 Å². The lowest BCUT2D eigenvalue weighted by molar-refractivity contribution is 0.250.